The second-order valence-electron chi connectivity index (χ2n) is 5.32. The topological polar surface area (TPSA) is 48.7 Å². The van der Waals surface area contributed by atoms with Crippen LogP contribution in [0.5, 0.6) is 0 Å². The largest absolute Gasteiger partial charge is 0.349 e. The lowest BCUT2D eigenvalue weighted by Gasteiger charge is -2.17. The molecule has 6 heteroatoms. The summed E-state index contributed by atoms with van der Waals surface area (Å²) in [4.78, 5) is 0. The highest BCUT2D eigenvalue weighted by Crippen LogP contribution is 2.23. The zero-order valence-electron chi connectivity index (χ0n) is 13.7. The molecule has 3 rings (SSSR count). The van der Waals surface area contributed by atoms with E-state index in [4.69, 9.17) is 9.47 Å². The quantitative estimate of drug-likeness (QED) is 0.514. The second-order valence-corrected chi connectivity index (χ2v) is 5.32. The predicted molar refractivity (Wildman–Crippen MR) is 92.6 cm³/mol. The first-order valence-corrected chi connectivity index (χ1v) is 7.87. The van der Waals surface area contributed by atoms with Gasteiger partial charge in [0.2, 0.25) is 0 Å². The van der Waals surface area contributed by atoms with Crippen molar-refractivity contribution in [2.75, 3.05) is 13.2 Å². The van der Waals surface area contributed by atoms with Crippen molar-refractivity contribution >= 4 is 19.0 Å². The van der Waals surface area contributed by atoms with E-state index < -0.39 is 0 Å². The summed E-state index contributed by atoms with van der Waals surface area (Å²) in [6.45, 7) is 5.15. The van der Waals surface area contributed by atoms with E-state index in [1.54, 1.807) is 0 Å². The minimum Gasteiger partial charge on any atom is -0.349 e. The number of fused-ring (bicyclic) bond motifs is 1. The van der Waals surface area contributed by atoms with Crippen molar-refractivity contribution in [3.05, 3.63) is 48.2 Å². The van der Waals surface area contributed by atoms with Crippen LogP contribution in [-0.2, 0) is 9.47 Å². The van der Waals surface area contributed by atoms with E-state index in [9.17, 15) is 0 Å². The Hall–Kier alpha value is -2.18. The number of nitrogens with zero attached hydrogens (tertiary/aromatic N) is 3. The molecule has 0 atom stereocenters. The average molecular weight is 309 g/mol. The lowest BCUT2D eigenvalue weighted by atomic mass is 9.99. The maximum atomic E-state index is 5.63. The average Bonchev–Trinajstić information content (AvgIpc) is 2.98. The number of hydrogen-bond acceptors (Lipinski definition) is 4. The lowest BCUT2D eigenvalue weighted by Crippen LogP contribution is -2.08. The number of hydrogen-bond donors (Lipinski definition) is 0. The van der Waals surface area contributed by atoms with Gasteiger partial charge in [-0.3, -0.25) is 4.40 Å². The fourth-order valence-corrected chi connectivity index (χ4v) is 2.53. The Kier molecular flexibility index (Phi) is 4.74. The molecule has 0 unspecified atom stereocenters. The smallest absolute Gasteiger partial charge is 0.183 e. The summed E-state index contributed by atoms with van der Waals surface area (Å²) in [5.74, 6) is 0.833. The first-order valence-electron chi connectivity index (χ1n) is 7.87. The van der Waals surface area contributed by atoms with Gasteiger partial charge in [0.1, 0.15) is 7.85 Å². The molecular formula is C17H20BN3O2. The number of benzene rings is 1. The maximum absolute atomic E-state index is 5.63. The van der Waals surface area contributed by atoms with Crippen LogP contribution in [0.4, 0.5) is 0 Å². The first kappa shape index (κ1) is 15.7. The molecule has 0 aliphatic rings. The monoisotopic (exact) mass is 309 g/mol. The third kappa shape index (κ3) is 3.28. The van der Waals surface area contributed by atoms with Gasteiger partial charge in [-0.15, -0.1) is 10.2 Å². The van der Waals surface area contributed by atoms with Gasteiger partial charge in [-0.2, -0.15) is 0 Å². The van der Waals surface area contributed by atoms with E-state index in [-0.39, 0.29) is 6.29 Å². The second kappa shape index (κ2) is 6.94. The normalized spacial score (nSPS) is 11.4. The van der Waals surface area contributed by atoms with Crippen molar-refractivity contribution in [1.29, 1.82) is 0 Å². The van der Waals surface area contributed by atoms with Crippen molar-refractivity contribution in [3.63, 3.8) is 0 Å². The lowest BCUT2D eigenvalue weighted by molar-refractivity contribution is -0.140. The molecule has 0 aliphatic carbocycles. The SMILES string of the molecule is Bc1ccc2nnc(-c3ccc(C(OCC)OCC)cc3)n2c1. The van der Waals surface area contributed by atoms with Gasteiger partial charge in [-0.1, -0.05) is 35.8 Å². The number of aromatic nitrogens is 3. The molecule has 0 saturated carbocycles. The van der Waals surface area contributed by atoms with E-state index in [1.165, 1.54) is 5.46 Å². The predicted octanol–water partition coefficient (Wildman–Crippen LogP) is 1.73. The standard InChI is InChI=1S/C17H20BN3O2/c1-3-22-17(23-4-2)13-7-5-12(6-8-13)16-20-19-15-10-9-14(18)11-21(15)16/h5-11,17H,3-4,18H2,1-2H3. The molecule has 2 heterocycles. The van der Waals surface area contributed by atoms with Crippen LogP contribution in [0, 0.1) is 0 Å². The van der Waals surface area contributed by atoms with Crippen LogP contribution in [0.1, 0.15) is 25.7 Å². The zero-order chi connectivity index (χ0) is 16.2. The summed E-state index contributed by atoms with van der Waals surface area (Å²) in [6, 6.07) is 12.1. The molecular weight excluding hydrogens is 289 g/mol. The third-order valence-electron chi connectivity index (χ3n) is 3.63. The van der Waals surface area contributed by atoms with E-state index in [0.717, 1.165) is 22.6 Å². The van der Waals surface area contributed by atoms with Gasteiger partial charge in [0.25, 0.3) is 0 Å². The van der Waals surface area contributed by atoms with Crippen molar-refractivity contribution in [2.24, 2.45) is 0 Å². The van der Waals surface area contributed by atoms with Crippen molar-refractivity contribution < 1.29 is 9.47 Å². The molecule has 118 valence electrons. The molecule has 0 bridgehead atoms. The molecule has 1 aromatic carbocycles. The molecule has 5 nitrogen and oxygen atoms in total. The van der Waals surface area contributed by atoms with E-state index in [2.05, 4.69) is 18.0 Å². The van der Waals surface area contributed by atoms with Crippen LogP contribution < -0.4 is 5.46 Å². The Morgan fingerprint density at radius 3 is 2.35 bits per heavy atom. The van der Waals surface area contributed by atoms with Crippen LogP contribution in [0.15, 0.2) is 42.6 Å². The van der Waals surface area contributed by atoms with E-state index in [0.29, 0.717) is 13.2 Å². The van der Waals surface area contributed by atoms with Crippen molar-refractivity contribution in [3.8, 4) is 11.4 Å². The molecule has 0 aliphatic heterocycles. The number of ether oxygens (including phenoxy) is 2. The Bertz CT molecular complexity index is 780. The van der Waals surface area contributed by atoms with Gasteiger partial charge in [0.15, 0.2) is 17.8 Å². The van der Waals surface area contributed by atoms with Gasteiger partial charge in [0, 0.05) is 30.5 Å². The number of rotatable bonds is 6. The molecule has 0 spiro atoms. The van der Waals surface area contributed by atoms with Crippen molar-refractivity contribution in [2.45, 2.75) is 20.1 Å². The molecule has 23 heavy (non-hydrogen) atoms. The highest BCUT2D eigenvalue weighted by molar-refractivity contribution is 6.32. The van der Waals surface area contributed by atoms with Gasteiger partial charge in [-0.05, 0) is 19.9 Å². The molecule has 2 aromatic heterocycles. The summed E-state index contributed by atoms with van der Waals surface area (Å²) >= 11 is 0. The molecule has 0 fully saturated rings. The van der Waals surface area contributed by atoms with Crippen LogP contribution in [-0.4, -0.2) is 35.7 Å². The van der Waals surface area contributed by atoms with Gasteiger partial charge >= 0.3 is 0 Å². The molecule has 0 N–H and O–H groups in total. The Morgan fingerprint density at radius 1 is 1.00 bits per heavy atom. The third-order valence-corrected chi connectivity index (χ3v) is 3.63. The van der Waals surface area contributed by atoms with Crippen LogP contribution in [0.25, 0.3) is 17.0 Å². The van der Waals surface area contributed by atoms with Crippen molar-refractivity contribution in [1.82, 2.24) is 14.6 Å². The highest BCUT2D eigenvalue weighted by atomic mass is 16.7. The molecule has 3 aromatic rings. The minimum atomic E-state index is -0.323. The van der Waals surface area contributed by atoms with Crippen LogP contribution >= 0.6 is 0 Å². The molecule has 0 amide bonds. The summed E-state index contributed by atoms with van der Waals surface area (Å²) in [6.07, 6.45) is 1.72. The fourth-order valence-electron chi connectivity index (χ4n) is 2.53. The Balaban J connectivity index is 1.93. The van der Waals surface area contributed by atoms with Gasteiger partial charge in [-0.25, -0.2) is 0 Å². The maximum Gasteiger partial charge on any atom is 0.183 e. The molecule has 0 saturated heterocycles. The zero-order valence-corrected chi connectivity index (χ0v) is 13.7. The minimum absolute atomic E-state index is 0.323. The summed E-state index contributed by atoms with van der Waals surface area (Å²) in [5, 5.41) is 8.52. The summed E-state index contributed by atoms with van der Waals surface area (Å²) < 4.78 is 13.3. The molecule has 0 radical (unpaired) electrons. The van der Waals surface area contributed by atoms with Gasteiger partial charge < -0.3 is 9.47 Å². The van der Waals surface area contributed by atoms with E-state index >= 15 is 0 Å². The number of pyridine rings is 1. The first-order chi connectivity index (χ1) is 11.2. The van der Waals surface area contributed by atoms with Crippen LogP contribution in [0.3, 0.4) is 0 Å². The van der Waals surface area contributed by atoms with Gasteiger partial charge in [0.05, 0.1) is 0 Å². The summed E-state index contributed by atoms with van der Waals surface area (Å²) in [7, 11) is 2.06. The fraction of sp³-hybridized carbons (Fsp3) is 0.294. The summed E-state index contributed by atoms with van der Waals surface area (Å²) in [5.41, 5.74) is 4.03. The van der Waals surface area contributed by atoms with E-state index in [1.807, 2.05) is 60.8 Å². The Morgan fingerprint density at radius 2 is 1.70 bits per heavy atom. The highest BCUT2D eigenvalue weighted by Gasteiger charge is 2.13. The Labute approximate surface area is 136 Å². The van der Waals surface area contributed by atoms with Crippen LogP contribution in [0.2, 0.25) is 0 Å².